The summed E-state index contributed by atoms with van der Waals surface area (Å²) in [6.07, 6.45) is 3.55. The minimum absolute atomic E-state index is 0.428. The van der Waals surface area contributed by atoms with Crippen LogP contribution in [0.4, 0.5) is 0 Å². The van der Waals surface area contributed by atoms with Crippen LogP contribution in [0.5, 0.6) is 0 Å². The molecule has 0 aliphatic heterocycles. The molecule has 0 unspecified atom stereocenters. The molecule has 0 N–H and O–H groups in total. The number of rotatable bonds is 3. The first-order valence-corrected chi connectivity index (χ1v) is 10.9. The molecule has 2 heteroatoms. The van der Waals surface area contributed by atoms with Crippen molar-refractivity contribution in [2.75, 3.05) is 0 Å². The Hall–Kier alpha value is -4.04. The minimum atomic E-state index is -0.445. The van der Waals surface area contributed by atoms with Gasteiger partial charge in [-0.25, -0.2) is 0 Å². The first kappa shape index (κ1) is 18.7. The fourth-order valence-electron chi connectivity index (χ4n) is 5.03. The fraction of sp³-hybridized carbons (Fsp3) is 0.0667. The first-order chi connectivity index (χ1) is 15.7. The molecule has 0 aromatic heterocycles. The third-order valence-electron chi connectivity index (χ3n) is 6.56. The normalized spacial score (nSPS) is 13.2. The van der Waals surface area contributed by atoms with Crippen LogP contribution in [0, 0.1) is 0 Å². The molecular formula is C30H20O2. The van der Waals surface area contributed by atoms with Crippen LogP contribution in [0.25, 0.3) is 37.9 Å². The van der Waals surface area contributed by atoms with Crippen molar-refractivity contribution in [1.82, 2.24) is 0 Å². The summed E-state index contributed by atoms with van der Waals surface area (Å²) >= 11 is 0. The van der Waals surface area contributed by atoms with Gasteiger partial charge in [-0.2, -0.15) is 0 Å². The van der Waals surface area contributed by atoms with Crippen molar-refractivity contribution in [3.63, 3.8) is 0 Å². The molecule has 0 amide bonds. The molecule has 32 heavy (non-hydrogen) atoms. The van der Waals surface area contributed by atoms with E-state index < -0.39 is 11.6 Å². The van der Waals surface area contributed by atoms with Crippen LogP contribution >= 0.6 is 0 Å². The minimum Gasteiger partial charge on any atom is -0.285 e. The van der Waals surface area contributed by atoms with Gasteiger partial charge >= 0.3 is 0 Å². The van der Waals surface area contributed by atoms with Gasteiger partial charge in [0.15, 0.2) is 0 Å². The van der Waals surface area contributed by atoms with Gasteiger partial charge in [-0.05, 0) is 56.3 Å². The lowest BCUT2D eigenvalue weighted by atomic mass is 9.83. The molecule has 2 nitrogen and oxygen atoms in total. The maximum atomic E-state index is 13.4. The molecule has 0 heterocycles. The van der Waals surface area contributed by atoms with E-state index in [1.54, 1.807) is 6.07 Å². The number of hydrogen-bond donors (Lipinski definition) is 0. The molecular weight excluding hydrogens is 392 g/mol. The van der Waals surface area contributed by atoms with E-state index in [-0.39, 0.29) is 0 Å². The number of benzene rings is 5. The summed E-state index contributed by atoms with van der Waals surface area (Å²) in [4.78, 5) is 26.8. The van der Waals surface area contributed by atoms with Gasteiger partial charge in [-0.3, -0.25) is 9.59 Å². The summed E-state index contributed by atoms with van der Waals surface area (Å²) in [6.45, 7) is 0. The average Bonchev–Trinajstić information content (AvgIpc) is 2.86. The average molecular weight is 412 g/mol. The van der Waals surface area contributed by atoms with E-state index in [1.165, 1.54) is 16.2 Å². The Balaban J connectivity index is 1.47. The number of carbonyl (C=O) groups excluding carboxylic acids is 2. The van der Waals surface area contributed by atoms with E-state index in [9.17, 15) is 9.59 Å². The van der Waals surface area contributed by atoms with Gasteiger partial charge in [0.05, 0.1) is 0 Å². The zero-order chi connectivity index (χ0) is 21.7. The Morgan fingerprint density at radius 3 is 2.09 bits per heavy atom. The Morgan fingerprint density at radius 2 is 1.25 bits per heavy atom. The van der Waals surface area contributed by atoms with Gasteiger partial charge in [0.2, 0.25) is 11.6 Å². The molecule has 5 aromatic rings. The van der Waals surface area contributed by atoms with Gasteiger partial charge < -0.3 is 0 Å². The summed E-state index contributed by atoms with van der Waals surface area (Å²) < 4.78 is 0. The third kappa shape index (κ3) is 2.80. The van der Waals surface area contributed by atoms with Gasteiger partial charge in [0, 0.05) is 11.1 Å². The number of aryl methyl sites for hydroxylation is 1. The highest BCUT2D eigenvalue weighted by molar-refractivity contribution is 6.59. The van der Waals surface area contributed by atoms with E-state index in [0.29, 0.717) is 11.1 Å². The Morgan fingerprint density at radius 1 is 0.562 bits per heavy atom. The van der Waals surface area contributed by atoms with Crippen LogP contribution < -0.4 is 0 Å². The predicted octanol–water partition coefficient (Wildman–Crippen LogP) is 6.93. The summed E-state index contributed by atoms with van der Waals surface area (Å²) in [5.74, 6) is -0.873. The van der Waals surface area contributed by atoms with Gasteiger partial charge in [-0.15, -0.1) is 0 Å². The first-order valence-electron chi connectivity index (χ1n) is 10.9. The fourth-order valence-corrected chi connectivity index (χ4v) is 5.03. The largest absolute Gasteiger partial charge is 0.285 e. The van der Waals surface area contributed by atoms with Crippen LogP contribution in [0.3, 0.4) is 0 Å². The highest BCUT2D eigenvalue weighted by atomic mass is 16.2. The van der Waals surface area contributed by atoms with Gasteiger partial charge in [0.25, 0.3) is 0 Å². The number of allylic oxidation sites excluding steroid dienone is 2. The quantitative estimate of drug-likeness (QED) is 0.183. The van der Waals surface area contributed by atoms with Crippen molar-refractivity contribution < 1.29 is 9.59 Å². The monoisotopic (exact) mass is 412 g/mol. The van der Waals surface area contributed by atoms with E-state index >= 15 is 0 Å². The number of ketones is 2. The van der Waals surface area contributed by atoms with Crippen molar-refractivity contribution in [3.8, 4) is 0 Å². The van der Waals surface area contributed by atoms with Crippen LogP contribution in [0.15, 0.2) is 97.1 Å². The van der Waals surface area contributed by atoms with E-state index in [2.05, 4.69) is 36.4 Å². The van der Waals surface area contributed by atoms with E-state index in [1.807, 2.05) is 54.6 Å². The molecule has 0 saturated heterocycles. The second-order valence-electron chi connectivity index (χ2n) is 8.31. The predicted molar refractivity (Wildman–Crippen MR) is 131 cm³/mol. The smallest absolute Gasteiger partial charge is 0.234 e. The molecule has 0 spiro atoms. The van der Waals surface area contributed by atoms with Crippen LogP contribution in [-0.4, -0.2) is 11.6 Å². The molecule has 5 aromatic carbocycles. The second kappa shape index (κ2) is 7.28. The molecule has 1 aliphatic rings. The van der Waals surface area contributed by atoms with Crippen molar-refractivity contribution >= 4 is 49.5 Å². The Labute approximate surface area is 185 Å². The molecule has 1 aliphatic carbocycles. The zero-order valence-corrected chi connectivity index (χ0v) is 17.5. The molecule has 6 rings (SSSR count). The SMILES string of the molecule is O=C(C(=O)c1cccc2ccccc12)C1=CCCc2c1ccc1c2ccc2ccccc21. The molecule has 0 bridgehead atoms. The molecule has 0 fully saturated rings. The summed E-state index contributed by atoms with van der Waals surface area (Å²) in [6, 6.07) is 30.0. The van der Waals surface area contributed by atoms with E-state index in [0.717, 1.165) is 40.1 Å². The third-order valence-corrected chi connectivity index (χ3v) is 6.56. The summed E-state index contributed by atoms with van der Waals surface area (Å²) in [7, 11) is 0. The van der Waals surface area contributed by atoms with Crippen molar-refractivity contribution in [2.24, 2.45) is 0 Å². The number of carbonyl (C=O) groups is 2. The topological polar surface area (TPSA) is 34.1 Å². The van der Waals surface area contributed by atoms with Gasteiger partial charge in [0.1, 0.15) is 0 Å². The highest BCUT2D eigenvalue weighted by Crippen LogP contribution is 2.36. The number of hydrogen-bond acceptors (Lipinski definition) is 2. The van der Waals surface area contributed by atoms with Crippen LogP contribution in [-0.2, 0) is 11.2 Å². The highest BCUT2D eigenvalue weighted by Gasteiger charge is 2.27. The lowest BCUT2D eigenvalue weighted by Gasteiger charge is -2.20. The van der Waals surface area contributed by atoms with Crippen molar-refractivity contribution in [1.29, 1.82) is 0 Å². The summed E-state index contributed by atoms with van der Waals surface area (Å²) in [5.41, 5.74) is 3.04. The number of fused-ring (bicyclic) bond motifs is 6. The number of Topliss-reactive ketones (excluding diaryl/α,β-unsaturated/α-hetero) is 2. The maximum Gasteiger partial charge on any atom is 0.234 e. The molecule has 152 valence electrons. The Kier molecular flexibility index (Phi) is 4.26. The van der Waals surface area contributed by atoms with Crippen molar-refractivity contribution in [2.45, 2.75) is 12.8 Å². The molecule has 0 radical (unpaired) electrons. The van der Waals surface area contributed by atoms with Crippen molar-refractivity contribution in [3.05, 3.63) is 114 Å². The Bertz CT molecular complexity index is 1600. The lowest BCUT2D eigenvalue weighted by Crippen LogP contribution is -2.18. The lowest BCUT2D eigenvalue weighted by molar-refractivity contribution is -0.110. The van der Waals surface area contributed by atoms with Crippen LogP contribution in [0.2, 0.25) is 0 Å². The van der Waals surface area contributed by atoms with Gasteiger partial charge in [-0.1, -0.05) is 97.1 Å². The summed E-state index contributed by atoms with van der Waals surface area (Å²) in [5, 5.41) is 6.54. The molecule has 0 saturated carbocycles. The maximum absolute atomic E-state index is 13.4. The zero-order valence-electron chi connectivity index (χ0n) is 17.5. The molecule has 0 atom stereocenters. The standard InChI is InChI=1S/C30H20O2/c31-29(27-13-5-9-19-7-1-4-11-22(19)27)30(32)28-14-6-12-23-25-16-15-20-8-2-3-10-21(20)24(25)17-18-26(23)28/h1-5,7-11,13-18H,6,12H2. The van der Waals surface area contributed by atoms with Crippen LogP contribution in [0.1, 0.15) is 27.9 Å². The second-order valence-corrected chi connectivity index (χ2v) is 8.31. The van der Waals surface area contributed by atoms with E-state index in [4.69, 9.17) is 0 Å².